The molecule has 0 saturated carbocycles. The van der Waals surface area contributed by atoms with Crippen LogP contribution in [0.5, 0.6) is 0 Å². The molecule has 3 heterocycles. The molecule has 478 valence electrons. The zero-order valence-electron chi connectivity index (χ0n) is 52.0. The highest BCUT2D eigenvalue weighted by molar-refractivity contribution is 7.99. The van der Waals surface area contributed by atoms with Crippen LogP contribution in [-0.2, 0) is 114 Å². The predicted molar refractivity (Wildman–Crippen MR) is 355 cm³/mol. The second kappa shape index (κ2) is 34.3. The zero-order chi connectivity index (χ0) is 62.4. The highest BCUT2D eigenvalue weighted by Gasteiger charge is 2.55. The smallest absolute Gasteiger partial charge is 0.187 e. The quantitative estimate of drug-likeness (QED) is 0.0410. The summed E-state index contributed by atoms with van der Waals surface area (Å²) in [5.74, 6) is 0.675. The van der Waals surface area contributed by atoms with Gasteiger partial charge < -0.3 is 61.6 Å². The summed E-state index contributed by atoms with van der Waals surface area (Å²) in [5.41, 5.74) is 7.30. The lowest BCUT2D eigenvalue weighted by Crippen LogP contribution is -2.66. The van der Waals surface area contributed by atoms with Gasteiger partial charge in [-0.25, -0.2) is 0 Å². The monoisotopic (exact) mass is 1260 g/mol. The molecule has 9 aromatic rings. The van der Waals surface area contributed by atoms with Crippen molar-refractivity contribution in [3.63, 3.8) is 0 Å². The number of fused-ring (bicyclic) bond motifs is 1. The van der Waals surface area contributed by atoms with Gasteiger partial charge in [0.15, 0.2) is 12.6 Å². The van der Waals surface area contributed by atoms with Crippen molar-refractivity contribution in [2.75, 3.05) is 25.6 Å². The van der Waals surface area contributed by atoms with E-state index in [2.05, 4.69) is 104 Å². The van der Waals surface area contributed by atoms with Gasteiger partial charge in [-0.05, 0) is 67.1 Å². The van der Waals surface area contributed by atoms with Gasteiger partial charge in [-0.2, -0.15) is 0 Å². The first-order chi connectivity index (χ1) is 45.6. The lowest BCUT2D eigenvalue weighted by molar-refractivity contribution is -0.360. The van der Waals surface area contributed by atoms with E-state index in [1.165, 1.54) is 0 Å². The number of rotatable bonds is 31. The van der Waals surface area contributed by atoms with E-state index in [1.807, 2.05) is 158 Å². The molecule has 0 aliphatic carbocycles. The van der Waals surface area contributed by atoms with Crippen LogP contribution in [0.2, 0.25) is 0 Å². The maximum atomic E-state index is 7.67. The Morgan fingerprint density at radius 1 is 0.326 bits per heavy atom. The van der Waals surface area contributed by atoms with Gasteiger partial charge in [0.1, 0.15) is 66.5 Å². The van der Waals surface area contributed by atoms with Crippen LogP contribution in [0.1, 0.15) is 51.4 Å². The Kier molecular flexibility index (Phi) is 24.3. The maximum absolute atomic E-state index is 7.67. The van der Waals surface area contributed by atoms with Crippen molar-refractivity contribution in [2.45, 2.75) is 139 Å². The van der Waals surface area contributed by atoms with Crippen LogP contribution in [0.3, 0.4) is 0 Å². The van der Waals surface area contributed by atoms with Gasteiger partial charge in [0, 0.05) is 0 Å². The van der Waals surface area contributed by atoms with Gasteiger partial charge >= 0.3 is 0 Å². The van der Waals surface area contributed by atoms with E-state index < -0.39 is 79.1 Å². The molecule has 9 aromatic carbocycles. The third-order valence-corrected chi connectivity index (χ3v) is 17.7. The fourth-order valence-corrected chi connectivity index (χ4v) is 12.8. The van der Waals surface area contributed by atoms with Crippen LogP contribution in [0.4, 0.5) is 0 Å². The van der Waals surface area contributed by atoms with Crippen molar-refractivity contribution in [1.29, 1.82) is 0 Å². The second-order valence-corrected chi connectivity index (χ2v) is 24.7. The van der Waals surface area contributed by atoms with E-state index in [-0.39, 0.29) is 52.9 Å². The van der Waals surface area contributed by atoms with E-state index in [1.54, 1.807) is 11.8 Å². The van der Waals surface area contributed by atoms with Gasteiger partial charge in [-0.15, -0.1) is 11.8 Å². The van der Waals surface area contributed by atoms with E-state index in [0.29, 0.717) is 25.6 Å². The zero-order valence-corrected chi connectivity index (χ0v) is 52.8. The van der Waals surface area contributed by atoms with Crippen LogP contribution in [0.25, 0.3) is 10.8 Å². The van der Waals surface area contributed by atoms with Crippen LogP contribution >= 0.6 is 11.8 Å². The summed E-state index contributed by atoms with van der Waals surface area (Å²) in [6.07, 6.45) is -9.69. The minimum absolute atomic E-state index is 0.121. The first-order valence-electron chi connectivity index (χ1n) is 32.0. The van der Waals surface area contributed by atoms with Crippen LogP contribution < -0.4 is 0 Å². The summed E-state index contributed by atoms with van der Waals surface area (Å²) in [6.45, 7) is 4.70. The van der Waals surface area contributed by atoms with Crippen molar-refractivity contribution in [2.24, 2.45) is 0 Å². The Balaban J connectivity index is 0.932. The number of ether oxygens (including phenoxy) is 13. The predicted octanol–water partition coefficient (Wildman–Crippen LogP) is 14.4. The van der Waals surface area contributed by atoms with E-state index in [4.69, 9.17) is 61.6 Å². The van der Waals surface area contributed by atoms with Crippen molar-refractivity contribution >= 4 is 22.5 Å². The molecule has 0 amide bonds. The molecule has 12 rings (SSSR count). The Hall–Kier alpha value is -6.93. The molecule has 92 heavy (non-hydrogen) atoms. The molecule has 0 bridgehead atoms. The number of hydrogen-bond donors (Lipinski definition) is 0. The molecule has 3 saturated heterocycles. The minimum atomic E-state index is -1.06. The van der Waals surface area contributed by atoms with Crippen molar-refractivity contribution in [1.82, 2.24) is 0 Å². The lowest BCUT2D eigenvalue weighted by atomic mass is 9.97. The van der Waals surface area contributed by atoms with E-state index in [9.17, 15) is 0 Å². The molecule has 14 heteroatoms. The third kappa shape index (κ3) is 18.3. The molecule has 0 aromatic heterocycles. The van der Waals surface area contributed by atoms with Crippen molar-refractivity contribution in [3.05, 3.63) is 299 Å². The molecule has 0 unspecified atom stereocenters. The van der Waals surface area contributed by atoms with Crippen molar-refractivity contribution in [3.8, 4) is 0 Å². The standard InChI is InChI=1S/C78H82O13S/c1-2-92-78-75(91-77-74(86-51-62-38-22-9-23-39-62)70(83-49-60-34-18-7-19-35-60)67(55-88-77)81-47-58-30-14-5-15-31-58)72(84-52-63-42-43-64-40-24-25-41-65(64)44-63)71(68(89-78)53-79-45-56-26-10-3-11-27-56)90-76-73(85-50-61-36-20-8-21-37-61)69(82-48-59-32-16-6-17-33-59)66(54-87-76)80-46-57-28-12-4-13-29-57/h3-44,66-78H,2,45-55H2,1H3/t66-,67-,68-,69+,70+,71-,72+,73-,74-,75+,76+,77+,78-/m1/s1. The Morgan fingerprint density at radius 2 is 0.674 bits per heavy atom. The summed E-state index contributed by atoms with van der Waals surface area (Å²) < 4.78 is 93.0. The van der Waals surface area contributed by atoms with Crippen molar-refractivity contribution < 1.29 is 61.6 Å². The van der Waals surface area contributed by atoms with Gasteiger partial charge in [0.2, 0.25) is 0 Å². The largest absolute Gasteiger partial charge is 0.374 e. The maximum Gasteiger partial charge on any atom is 0.187 e. The number of hydrogen-bond acceptors (Lipinski definition) is 14. The average molecular weight is 1260 g/mol. The Morgan fingerprint density at radius 3 is 1.10 bits per heavy atom. The first-order valence-corrected chi connectivity index (χ1v) is 33.1. The average Bonchev–Trinajstić information content (AvgIpc) is 0.825. The normalized spacial score (nSPS) is 24.9. The van der Waals surface area contributed by atoms with Crippen LogP contribution in [-0.4, -0.2) is 105 Å². The highest BCUT2D eigenvalue weighted by atomic mass is 32.2. The highest BCUT2D eigenvalue weighted by Crippen LogP contribution is 2.40. The Labute approximate surface area is 545 Å². The van der Waals surface area contributed by atoms with E-state index >= 15 is 0 Å². The van der Waals surface area contributed by atoms with Gasteiger partial charge in [-0.1, -0.05) is 256 Å². The fraction of sp³-hybridized carbons (Fsp3) is 0.333. The molecular formula is C78H82O13S. The minimum Gasteiger partial charge on any atom is -0.374 e. The molecule has 3 aliphatic heterocycles. The summed E-state index contributed by atoms with van der Waals surface area (Å²) >= 11 is 1.62. The van der Waals surface area contributed by atoms with Gasteiger partial charge in [0.25, 0.3) is 0 Å². The first kappa shape index (κ1) is 65.1. The molecule has 13 nitrogen and oxygen atoms in total. The third-order valence-electron chi connectivity index (χ3n) is 16.7. The molecule has 0 spiro atoms. The lowest BCUT2D eigenvalue weighted by Gasteiger charge is -2.50. The van der Waals surface area contributed by atoms with E-state index in [0.717, 1.165) is 55.3 Å². The molecule has 3 fully saturated rings. The number of thioether (sulfide) groups is 1. The summed E-state index contributed by atoms with van der Waals surface area (Å²) in [4.78, 5) is 0. The second-order valence-electron chi connectivity index (χ2n) is 23.3. The number of benzene rings is 9. The molecular weight excluding hydrogens is 1180 g/mol. The summed E-state index contributed by atoms with van der Waals surface area (Å²) in [5, 5.41) is 2.21. The molecule has 13 atom stereocenters. The topological polar surface area (TPSA) is 120 Å². The SMILES string of the molecule is CCS[C@H]1O[C@H](COCc2ccccc2)[C@@H](O[C@@H]2OC[C@@H](OCc3ccccc3)[C@H](OCc3ccccc3)[C@H]2OCc2ccccc2)[C@H](OCc2ccc3ccccc3c2)[C@@H]1O[C@@H]1OC[C@@H](OCc2ccccc2)[C@H](OCc2ccccc2)[C@H]1OCc1ccccc1. The Bertz CT molecular complexity index is 3530. The molecule has 0 radical (unpaired) electrons. The molecule has 3 aliphatic rings. The van der Waals surface area contributed by atoms with Gasteiger partial charge in [0.05, 0.1) is 72.7 Å². The summed E-state index contributed by atoms with van der Waals surface area (Å²) in [6, 6.07) is 85.5. The molecule has 0 N–H and O–H groups in total. The summed E-state index contributed by atoms with van der Waals surface area (Å²) in [7, 11) is 0. The van der Waals surface area contributed by atoms with Crippen LogP contribution in [0.15, 0.2) is 255 Å². The van der Waals surface area contributed by atoms with Gasteiger partial charge in [-0.3, -0.25) is 0 Å². The van der Waals surface area contributed by atoms with Crippen LogP contribution in [0, 0.1) is 0 Å². The fourth-order valence-electron chi connectivity index (χ4n) is 11.9.